The minimum atomic E-state index is -0.709. The van der Waals surface area contributed by atoms with E-state index in [4.69, 9.17) is 16.3 Å². The molecule has 2 saturated heterocycles. The van der Waals surface area contributed by atoms with Crippen LogP contribution in [0.4, 0.5) is 16.0 Å². The Morgan fingerprint density at radius 3 is 2.66 bits per heavy atom. The van der Waals surface area contributed by atoms with Gasteiger partial charge in [-0.25, -0.2) is 5.06 Å². The van der Waals surface area contributed by atoms with E-state index in [1.54, 1.807) is 0 Å². The highest BCUT2D eigenvalue weighted by atomic mass is 35.5. The molecule has 176 valence electrons. The summed E-state index contributed by atoms with van der Waals surface area (Å²) in [6.07, 6.45) is 5.00. The Balaban J connectivity index is 1.42. The van der Waals surface area contributed by atoms with E-state index < -0.39 is 17.6 Å². The van der Waals surface area contributed by atoms with Crippen LogP contribution in [-0.4, -0.2) is 65.4 Å². The highest BCUT2D eigenvalue weighted by molar-refractivity contribution is 6.28. The third-order valence-electron chi connectivity index (χ3n) is 6.64. The minimum absolute atomic E-state index is 0.0844. The van der Waals surface area contributed by atoms with Crippen molar-refractivity contribution < 1.29 is 23.9 Å². The number of hydrogen-bond acceptors (Lipinski definition) is 8. The topological polar surface area (TPSA) is 120 Å². The maximum atomic E-state index is 15.2. The SMILES string of the molecule is O=CN(O)C[C@@H](CC1CCCC1)C(=O)NNc1nc(Cl)nc(N2C[C@H]3COC[C@H]3C2)c1F. The van der Waals surface area contributed by atoms with E-state index in [-0.39, 0.29) is 29.9 Å². The van der Waals surface area contributed by atoms with E-state index in [0.717, 1.165) is 25.7 Å². The molecule has 4 rings (SSSR count). The molecule has 0 spiro atoms. The molecule has 1 aliphatic carbocycles. The van der Waals surface area contributed by atoms with Crippen molar-refractivity contribution in [3.8, 4) is 0 Å². The number of nitrogens with one attached hydrogen (secondary N) is 2. The maximum absolute atomic E-state index is 15.2. The quantitative estimate of drug-likeness (QED) is 0.216. The van der Waals surface area contributed by atoms with Crippen LogP contribution < -0.4 is 15.8 Å². The molecule has 1 aromatic heterocycles. The number of anilines is 2. The molecule has 3 heterocycles. The summed E-state index contributed by atoms with van der Waals surface area (Å²) in [6, 6.07) is 0. The Hall–Kier alpha value is -2.24. The van der Waals surface area contributed by atoms with Crippen molar-refractivity contribution in [1.29, 1.82) is 0 Å². The van der Waals surface area contributed by atoms with Gasteiger partial charge in [0.15, 0.2) is 11.6 Å². The fraction of sp³-hybridized carbons (Fsp3) is 0.700. The molecule has 2 aliphatic heterocycles. The van der Waals surface area contributed by atoms with Gasteiger partial charge in [0.1, 0.15) is 0 Å². The molecule has 1 aromatic rings. The van der Waals surface area contributed by atoms with Crippen LogP contribution in [0.25, 0.3) is 0 Å². The zero-order valence-electron chi connectivity index (χ0n) is 17.7. The summed E-state index contributed by atoms with van der Waals surface area (Å²) in [5.41, 5.74) is 4.97. The fourth-order valence-electron chi connectivity index (χ4n) is 4.97. The molecular weight excluding hydrogens is 443 g/mol. The third kappa shape index (κ3) is 5.21. The Bertz CT molecular complexity index is 831. The first-order valence-electron chi connectivity index (χ1n) is 11.0. The number of carbonyl (C=O) groups is 2. The van der Waals surface area contributed by atoms with E-state index in [1.807, 2.05) is 4.90 Å². The van der Waals surface area contributed by atoms with Crippen molar-refractivity contribution in [2.75, 3.05) is 43.2 Å². The summed E-state index contributed by atoms with van der Waals surface area (Å²) >= 11 is 6.03. The second-order valence-electron chi connectivity index (χ2n) is 8.87. The van der Waals surface area contributed by atoms with Crippen LogP contribution in [0, 0.1) is 29.5 Å². The number of hydroxylamine groups is 2. The molecule has 32 heavy (non-hydrogen) atoms. The molecule has 3 N–H and O–H groups in total. The number of carbonyl (C=O) groups excluding carboxylic acids is 2. The van der Waals surface area contributed by atoms with Crippen LogP contribution in [0.15, 0.2) is 0 Å². The van der Waals surface area contributed by atoms with Gasteiger partial charge in [-0.2, -0.15) is 14.4 Å². The summed E-state index contributed by atoms with van der Waals surface area (Å²) in [5, 5.41) is 9.90. The van der Waals surface area contributed by atoms with Crippen molar-refractivity contribution in [3.05, 3.63) is 11.1 Å². The molecule has 3 atom stereocenters. The molecule has 1 saturated carbocycles. The average molecular weight is 471 g/mol. The zero-order valence-corrected chi connectivity index (χ0v) is 18.4. The van der Waals surface area contributed by atoms with Crippen LogP contribution in [-0.2, 0) is 14.3 Å². The van der Waals surface area contributed by atoms with Gasteiger partial charge < -0.3 is 9.64 Å². The number of hydrazine groups is 1. The Labute approximate surface area is 190 Å². The molecule has 10 nitrogen and oxygen atoms in total. The Kier molecular flexibility index (Phi) is 7.27. The number of hydrogen-bond donors (Lipinski definition) is 3. The first kappa shape index (κ1) is 22.9. The van der Waals surface area contributed by atoms with Gasteiger partial charge in [0, 0.05) is 24.9 Å². The van der Waals surface area contributed by atoms with Crippen LogP contribution in [0.3, 0.4) is 0 Å². The molecule has 0 bridgehead atoms. The molecule has 0 unspecified atom stereocenters. The number of amides is 2. The van der Waals surface area contributed by atoms with Crippen molar-refractivity contribution in [3.63, 3.8) is 0 Å². The molecule has 0 aromatic carbocycles. The van der Waals surface area contributed by atoms with E-state index in [0.29, 0.717) is 55.5 Å². The van der Waals surface area contributed by atoms with Gasteiger partial charge in [0.05, 0.1) is 25.7 Å². The van der Waals surface area contributed by atoms with Gasteiger partial charge in [-0.05, 0) is 23.9 Å². The largest absolute Gasteiger partial charge is 0.381 e. The van der Waals surface area contributed by atoms with Crippen molar-refractivity contribution >= 4 is 35.6 Å². The number of halogens is 2. The smallest absolute Gasteiger partial charge is 0.243 e. The van der Waals surface area contributed by atoms with Crippen molar-refractivity contribution in [2.24, 2.45) is 23.7 Å². The number of aromatic nitrogens is 2. The van der Waals surface area contributed by atoms with Gasteiger partial charge in [0.25, 0.3) is 0 Å². The number of rotatable bonds is 9. The molecule has 12 heteroatoms. The number of fused-ring (bicyclic) bond motifs is 1. The molecule has 3 aliphatic rings. The van der Waals surface area contributed by atoms with Gasteiger partial charge in [0.2, 0.25) is 23.4 Å². The molecule has 3 fully saturated rings. The van der Waals surface area contributed by atoms with E-state index in [1.165, 1.54) is 0 Å². The average Bonchev–Trinajstić information content (AvgIpc) is 3.51. The van der Waals surface area contributed by atoms with Crippen molar-refractivity contribution in [2.45, 2.75) is 32.1 Å². The standard InChI is InChI=1S/C20H28ClFN6O4/c21-20-23-17(16(22)18(24-20)27-6-14-9-32-10-15(14)7-27)25-26-19(30)13(8-28(31)11-29)5-12-3-1-2-4-12/h11-15,31H,1-10H2,(H,26,30)(H,23,24,25)/t13-,14-,15+/m1/s1. The number of nitrogens with zero attached hydrogens (tertiary/aromatic N) is 4. The third-order valence-corrected chi connectivity index (χ3v) is 6.81. The summed E-state index contributed by atoms with van der Waals surface area (Å²) in [7, 11) is 0. The fourth-order valence-corrected chi connectivity index (χ4v) is 5.13. The van der Waals surface area contributed by atoms with Gasteiger partial charge >= 0.3 is 0 Å². The summed E-state index contributed by atoms with van der Waals surface area (Å²) < 4.78 is 20.6. The van der Waals surface area contributed by atoms with E-state index >= 15 is 4.39 Å². The minimum Gasteiger partial charge on any atom is -0.381 e. The molecular formula is C20H28ClFN6O4. The second-order valence-corrected chi connectivity index (χ2v) is 9.20. The summed E-state index contributed by atoms with van der Waals surface area (Å²) in [4.78, 5) is 33.4. The van der Waals surface area contributed by atoms with Crippen LogP contribution in [0.2, 0.25) is 5.28 Å². The summed E-state index contributed by atoms with van der Waals surface area (Å²) in [6.45, 7) is 2.37. The van der Waals surface area contributed by atoms with Gasteiger partial charge in [-0.1, -0.05) is 25.7 Å². The number of ether oxygens (including phenoxy) is 1. The highest BCUT2D eigenvalue weighted by Gasteiger charge is 2.39. The zero-order chi connectivity index (χ0) is 22.7. The predicted octanol–water partition coefficient (Wildman–Crippen LogP) is 1.84. The van der Waals surface area contributed by atoms with Gasteiger partial charge in [-0.15, -0.1) is 0 Å². The lowest BCUT2D eigenvalue weighted by atomic mass is 9.92. The summed E-state index contributed by atoms with van der Waals surface area (Å²) in [5.74, 6) is -0.982. The van der Waals surface area contributed by atoms with E-state index in [2.05, 4.69) is 20.8 Å². The Morgan fingerprint density at radius 2 is 2.00 bits per heavy atom. The van der Waals surface area contributed by atoms with E-state index in [9.17, 15) is 14.8 Å². The van der Waals surface area contributed by atoms with Crippen LogP contribution in [0.1, 0.15) is 32.1 Å². The van der Waals surface area contributed by atoms with Crippen LogP contribution in [0.5, 0.6) is 0 Å². The lowest BCUT2D eigenvalue weighted by molar-refractivity contribution is -0.154. The lowest BCUT2D eigenvalue weighted by Gasteiger charge is -2.23. The van der Waals surface area contributed by atoms with Crippen LogP contribution >= 0.6 is 11.6 Å². The Morgan fingerprint density at radius 1 is 1.31 bits per heavy atom. The highest BCUT2D eigenvalue weighted by Crippen LogP contribution is 2.34. The first-order chi connectivity index (χ1) is 15.4. The molecule has 2 amide bonds. The molecule has 0 radical (unpaired) electrons. The lowest BCUT2D eigenvalue weighted by Crippen LogP contribution is -2.41. The predicted molar refractivity (Wildman–Crippen MR) is 113 cm³/mol. The monoisotopic (exact) mass is 470 g/mol. The van der Waals surface area contributed by atoms with Gasteiger partial charge in [-0.3, -0.25) is 25.6 Å². The normalized spacial score (nSPS) is 23.8. The first-order valence-corrected chi connectivity index (χ1v) is 11.3. The second kappa shape index (κ2) is 10.1. The maximum Gasteiger partial charge on any atom is 0.243 e. The van der Waals surface area contributed by atoms with Crippen molar-refractivity contribution in [1.82, 2.24) is 20.5 Å².